The molecule has 3 aromatic heterocycles. The maximum Gasteiger partial charge on any atom is 0.433 e. The van der Waals surface area contributed by atoms with Gasteiger partial charge in [-0.1, -0.05) is 0 Å². The van der Waals surface area contributed by atoms with E-state index in [1.54, 1.807) is 0 Å². The third-order valence-corrected chi connectivity index (χ3v) is 4.72. The monoisotopic (exact) mass is 440 g/mol. The van der Waals surface area contributed by atoms with E-state index < -0.39 is 23.6 Å². The standard InChI is InChI=1S/C19H14F6N6/c20-18(21,22)13-2-1-6-26-17(13)31-7-5-12-14(9-31)28-10-29-16(12)30-11-3-4-15(27-8-11)19(23,24)25/h1-4,6,8,10H,5,7,9H2,(H,28,29,30). The van der Waals surface area contributed by atoms with E-state index >= 15 is 0 Å². The van der Waals surface area contributed by atoms with Gasteiger partial charge in [-0.3, -0.25) is 0 Å². The van der Waals surface area contributed by atoms with E-state index in [0.29, 0.717) is 29.2 Å². The van der Waals surface area contributed by atoms with Gasteiger partial charge >= 0.3 is 12.4 Å². The van der Waals surface area contributed by atoms with Crippen molar-refractivity contribution < 1.29 is 26.3 Å². The van der Waals surface area contributed by atoms with Crippen molar-refractivity contribution in [2.75, 3.05) is 16.8 Å². The molecule has 0 aliphatic carbocycles. The Kier molecular flexibility index (Phi) is 5.15. The number of halogens is 6. The van der Waals surface area contributed by atoms with Gasteiger partial charge in [0.2, 0.25) is 0 Å². The Morgan fingerprint density at radius 1 is 0.903 bits per heavy atom. The van der Waals surface area contributed by atoms with Crippen molar-refractivity contribution in [2.24, 2.45) is 0 Å². The molecule has 4 heterocycles. The summed E-state index contributed by atoms with van der Waals surface area (Å²) in [7, 11) is 0. The summed E-state index contributed by atoms with van der Waals surface area (Å²) in [5.74, 6) is 0.184. The van der Waals surface area contributed by atoms with Crippen LogP contribution in [0, 0.1) is 0 Å². The highest BCUT2D eigenvalue weighted by atomic mass is 19.4. The number of hydrogen-bond donors (Lipinski definition) is 1. The molecule has 0 bridgehead atoms. The molecule has 6 nitrogen and oxygen atoms in total. The zero-order valence-electron chi connectivity index (χ0n) is 15.7. The lowest BCUT2D eigenvalue weighted by Crippen LogP contribution is -2.34. The average Bonchev–Trinajstić information content (AvgIpc) is 2.73. The summed E-state index contributed by atoms with van der Waals surface area (Å²) < 4.78 is 78.0. The lowest BCUT2D eigenvalue weighted by molar-refractivity contribution is -0.141. The van der Waals surface area contributed by atoms with E-state index in [9.17, 15) is 26.3 Å². The minimum absolute atomic E-state index is 0.0812. The number of rotatable bonds is 3. The molecule has 0 radical (unpaired) electrons. The summed E-state index contributed by atoms with van der Waals surface area (Å²) in [6.45, 7) is 0.318. The van der Waals surface area contributed by atoms with Crippen LogP contribution in [0.5, 0.6) is 0 Å². The number of pyridine rings is 2. The van der Waals surface area contributed by atoms with Crippen LogP contribution in [-0.2, 0) is 25.3 Å². The van der Waals surface area contributed by atoms with E-state index in [1.807, 2.05) is 0 Å². The Hall–Kier alpha value is -3.44. The molecule has 31 heavy (non-hydrogen) atoms. The minimum Gasteiger partial charge on any atom is -0.350 e. The van der Waals surface area contributed by atoms with Crippen molar-refractivity contribution in [3.05, 3.63) is 65.5 Å². The van der Waals surface area contributed by atoms with Crippen LogP contribution in [0.2, 0.25) is 0 Å². The topological polar surface area (TPSA) is 66.8 Å². The van der Waals surface area contributed by atoms with Crippen LogP contribution >= 0.6 is 0 Å². The van der Waals surface area contributed by atoms with E-state index in [1.165, 1.54) is 29.6 Å². The molecular formula is C19H14F6N6. The number of fused-ring (bicyclic) bond motifs is 1. The molecule has 0 saturated carbocycles. The summed E-state index contributed by atoms with van der Waals surface area (Å²) in [6, 6.07) is 4.27. The van der Waals surface area contributed by atoms with E-state index in [2.05, 4.69) is 25.3 Å². The Morgan fingerprint density at radius 3 is 2.39 bits per heavy atom. The highest BCUT2D eigenvalue weighted by Gasteiger charge is 2.36. The molecule has 1 aliphatic heterocycles. The van der Waals surface area contributed by atoms with Gasteiger partial charge < -0.3 is 10.2 Å². The smallest absolute Gasteiger partial charge is 0.350 e. The molecule has 162 valence electrons. The summed E-state index contributed by atoms with van der Waals surface area (Å²) in [4.78, 5) is 17.1. The summed E-state index contributed by atoms with van der Waals surface area (Å²) >= 11 is 0. The number of alkyl halides is 6. The predicted octanol–water partition coefficient (Wildman–Crippen LogP) is 4.61. The third-order valence-electron chi connectivity index (χ3n) is 4.72. The van der Waals surface area contributed by atoms with Gasteiger partial charge in [0.05, 0.1) is 29.7 Å². The molecule has 1 aliphatic rings. The minimum atomic E-state index is -4.54. The first-order valence-corrected chi connectivity index (χ1v) is 9.03. The van der Waals surface area contributed by atoms with Crippen LogP contribution in [0.3, 0.4) is 0 Å². The maximum atomic E-state index is 13.3. The fourth-order valence-corrected chi connectivity index (χ4v) is 3.29. The zero-order chi connectivity index (χ0) is 22.2. The van der Waals surface area contributed by atoms with Gasteiger partial charge in [0.15, 0.2) is 0 Å². The van der Waals surface area contributed by atoms with Crippen LogP contribution in [0.25, 0.3) is 0 Å². The van der Waals surface area contributed by atoms with Crippen LogP contribution in [0.1, 0.15) is 22.5 Å². The summed E-state index contributed by atoms with van der Waals surface area (Å²) in [5.41, 5.74) is -0.387. The van der Waals surface area contributed by atoms with Gasteiger partial charge in [0.1, 0.15) is 23.7 Å². The Morgan fingerprint density at radius 2 is 1.71 bits per heavy atom. The fraction of sp³-hybridized carbons (Fsp3) is 0.263. The molecule has 0 aromatic carbocycles. The summed E-state index contributed by atoms with van der Waals surface area (Å²) in [5, 5.41) is 2.91. The van der Waals surface area contributed by atoms with Crippen LogP contribution in [-0.4, -0.2) is 26.5 Å². The van der Waals surface area contributed by atoms with E-state index in [-0.39, 0.29) is 18.9 Å². The molecule has 0 amide bonds. The molecule has 4 rings (SSSR count). The number of anilines is 3. The van der Waals surface area contributed by atoms with Crippen molar-refractivity contribution in [1.29, 1.82) is 0 Å². The lowest BCUT2D eigenvalue weighted by Gasteiger charge is -2.31. The number of aromatic nitrogens is 4. The highest BCUT2D eigenvalue weighted by molar-refractivity contribution is 5.61. The van der Waals surface area contributed by atoms with Gasteiger partial charge in [0.25, 0.3) is 0 Å². The Balaban J connectivity index is 1.58. The SMILES string of the molecule is FC(F)(F)c1ccc(Nc2ncnc3c2CCN(c2ncccc2C(F)(F)F)C3)cn1. The quantitative estimate of drug-likeness (QED) is 0.600. The first-order valence-electron chi connectivity index (χ1n) is 9.03. The highest BCUT2D eigenvalue weighted by Crippen LogP contribution is 2.37. The van der Waals surface area contributed by atoms with E-state index in [4.69, 9.17) is 0 Å². The van der Waals surface area contributed by atoms with E-state index in [0.717, 1.165) is 18.3 Å². The maximum absolute atomic E-state index is 13.3. The second-order valence-corrected chi connectivity index (χ2v) is 6.75. The van der Waals surface area contributed by atoms with Gasteiger partial charge in [0, 0.05) is 18.3 Å². The van der Waals surface area contributed by atoms with Crippen molar-refractivity contribution in [1.82, 2.24) is 19.9 Å². The first kappa shape index (κ1) is 20.8. The molecule has 1 N–H and O–H groups in total. The second kappa shape index (κ2) is 7.67. The van der Waals surface area contributed by atoms with Crippen LogP contribution < -0.4 is 10.2 Å². The van der Waals surface area contributed by atoms with Crippen molar-refractivity contribution >= 4 is 17.3 Å². The average molecular weight is 440 g/mol. The number of hydrogen-bond acceptors (Lipinski definition) is 6. The van der Waals surface area contributed by atoms with Crippen LogP contribution in [0.15, 0.2) is 43.0 Å². The first-order chi connectivity index (χ1) is 14.6. The number of nitrogens with zero attached hydrogens (tertiary/aromatic N) is 5. The zero-order valence-corrected chi connectivity index (χ0v) is 15.7. The molecule has 0 fully saturated rings. The Labute approximate surface area is 172 Å². The Bertz CT molecular complexity index is 1080. The van der Waals surface area contributed by atoms with Crippen LogP contribution in [0.4, 0.5) is 43.7 Å². The van der Waals surface area contributed by atoms with Crippen molar-refractivity contribution in [3.63, 3.8) is 0 Å². The fourth-order valence-electron chi connectivity index (χ4n) is 3.29. The van der Waals surface area contributed by atoms with Crippen molar-refractivity contribution in [3.8, 4) is 0 Å². The lowest BCUT2D eigenvalue weighted by atomic mass is 10.0. The molecule has 0 spiro atoms. The summed E-state index contributed by atoms with van der Waals surface area (Å²) in [6.07, 6.45) is -5.19. The predicted molar refractivity (Wildman–Crippen MR) is 98.5 cm³/mol. The molecule has 0 saturated heterocycles. The normalized spacial score (nSPS) is 14.3. The second-order valence-electron chi connectivity index (χ2n) is 6.75. The number of nitrogens with one attached hydrogen (secondary N) is 1. The van der Waals surface area contributed by atoms with Gasteiger partial charge in [-0.2, -0.15) is 26.3 Å². The van der Waals surface area contributed by atoms with Gasteiger partial charge in [-0.05, 0) is 30.7 Å². The molecule has 12 heteroatoms. The van der Waals surface area contributed by atoms with Gasteiger partial charge in [-0.25, -0.2) is 19.9 Å². The molecule has 0 unspecified atom stereocenters. The van der Waals surface area contributed by atoms with Crippen molar-refractivity contribution in [2.45, 2.75) is 25.3 Å². The van der Waals surface area contributed by atoms with Gasteiger partial charge in [-0.15, -0.1) is 0 Å². The third kappa shape index (κ3) is 4.37. The molecule has 0 atom stereocenters. The molecular weight excluding hydrogens is 426 g/mol. The molecule has 3 aromatic rings. The largest absolute Gasteiger partial charge is 0.433 e.